The van der Waals surface area contributed by atoms with Crippen LogP contribution >= 0.6 is 0 Å². The third-order valence-corrected chi connectivity index (χ3v) is 4.55. The van der Waals surface area contributed by atoms with Gasteiger partial charge in [-0.15, -0.1) is 0 Å². The maximum atomic E-state index is 12.7. The molecule has 2 aromatic rings. The van der Waals surface area contributed by atoms with Crippen molar-refractivity contribution in [2.75, 3.05) is 13.1 Å². The molecule has 2 aromatic carbocycles. The van der Waals surface area contributed by atoms with Crippen LogP contribution in [0.2, 0.25) is 0 Å². The van der Waals surface area contributed by atoms with Gasteiger partial charge in [0.05, 0.1) is 5.56 Å². The van der Waals surface area contributed by atoms with Crippen molar-refractivity contribution in [1.29, 1.82) is 0 Å². The van der Waals surface area contributed by atoms with Crippen LogP contribution in [-0.2, 0) is 18.3 Å². The van der Waals surface area contributed by atoms with Crippen molar-refractivity contribution in [3.63, 3.8) is 0 Å². The maximum Gasteiger partial charge on any atom is 0.416 e. The molecule has 0 spiro atoms. The van der Waals surface area contributed by atoms with Crippen LogP contribution in [0.5, 0.6) is 0 Å². The van der Waals surface area contributed by atoms with E-state index in [0.717, 1.165) is 37.2 Å². The van der Waals surface area contributed by atoms with Gasteiger partial charge in [-0.05, 0) is 42.6 Å². The third-order valence-electron chi connectivity index (χ3n) is 4.55. The Balaban J connectivity index is 1.74. The molecule has 0 radical (unpaired) electrons. The number of nitrogens with zero attached hydrogens (tertiary/aromatic N) is 1. The van der Waals surface area contributed by atoms with E-state index in [2.05, 4.69) is 4.90 Å². The lowest BCUT2D eigenvalue weighted by Gasteiger charge is -2.39. The molecule has 1 N–H and O–H groups in total. The molecule has 1 aliphatic heterocycles. The van der Waals surface area contributed by atoms with Crippen LogP contribution in [-0.4, -0.2) is 23.1 Å². The number of likely N-dealkylation sites (tertiary alicyclic amines) is 1. The summed E-state index contributed by atoms with van der Waals surface area (Å²) in [5.74, 6) is 0. The highest BCUT2D eigenvalue weighted by molar-refractivity contribution is 5.29. The lowest BCUT2D eigenvalue weighted by atomic mass is 9.85. The summed E-state index contributed by atoms with van der Waals surface area (Å²) in [7, 11) is 0. The SMILES string of the molecule is OC1(c2ccc(C(F)(F)F)cc2)CCCN(Cc2ccccc2)C1. The summed E-state index contributed by atoms with van der Waals surface area (Å²) in [4.78, 5) is 2.15. The predicted octanol–water partition coefficient (Wildman–Crippen LogP) is 4.19. The van der Waals surface area contributed by atoms with Crippen molar-refractivity contribution >= 4 is 0 Å². The number of hydrogen-bond acceptors (Lipinski definition) is 2. The summed E-state index contributed by atoms with van der Waals surface area (Å²) in [5, 5.41) is 11.0. The molecule has 1 atom stereocenters. The second-order valence-electron chi connectivity index (χ2n) is 6.41. The third kappa shape index (κ3) is 3.79. The fourth-order valence-electron chi connectivity index (χ4n) is 3.30. The standard InChI is InChI=1S/C19H20F3NO/c20-19(21,22)17-9-7-16(8-10-17)18(24)11-4-12-23(14-18)13-15-5-2-1-3-6-15/h1-3,5-10,24H,4,11-14H2. The van der Waals surface area contributed by atoms with Crippen LogP contribution in [0.1, 0.15) is 29.5 Å². The Kier molecular flexibility index (Phi) is 4.65. The number of alkyl halides is 3. The average Bonchev–Trinajstić information content (AvgIpc) is 2.55. The first kappa shape index (κ1) is 17.0. The van der Waals surface area contributed by atoms with Gasteiger partial charge < -0.3 is 5.11 Å². The summed E-state index contributed by atoms with van der Waals surface area (Å²) < 4.78 is 38.1. The summed E-state index contributed by atoms with van der Waals surface area (Å²) in [6, 6.07) is 14.9. The number of β-amino-alcohol motifs (C(OH)–C–C–N with tert-alkyl or cyclic N) is 1. The molecule has 2 nitrogen and oxygen atoms in total. The second kappa shape index (κ2) is 6.57. The van der Waals surface area contributed by atoms with Gasteiger partial charge in [-0.1, -0.05) is 42.5 Å². The van der Waals surface area contributed by atoms with Crippen molar-refractivity contribution < 1.29 is 18.3 Å². The van der Waals surface area contributed by atoms with Gasteiger partial charge in [-0.3, -0.25) is 4.90 Å². The Bertz CT molecular complexity index is 669. The zero-order valence-corrected chi connectivity index (χ0v) is 13.3. The van der Waals surface area contributed by atoms with Crippen molar-refractivity contribution in [2.24, 2.45) is 0 Å². The summed E-state index contributed by atoms with van der Waals surface area (Å²) >= 11 is 0. The van der Waals surface area contributed by atoms with Crippen LogP contribution in [0.3, 0.4) is 0 Å². The minimum Gasteiger partial charge on any atom is -0.384 e. The lowest BCUT2D eigenvalue weighted by molar-refractivity contribution is -0.137. The minimum atomic E-state index is -4.35. The van der Waals surface area contributed by atoms with Crippen LogP contribution in [0, 0.1) is 0 Å². The molecular weight excluding hydrogens is 315 g/mol. The van der Waals surface area contributed by atoms with E-state index < -0.39 is 17.3 Å². The lowest BCUT2D eigenvalue weighted by Crippen LogP contribution is -2.45. The Hall–Kier alpha value is -1.85. The van der Waals surface area contributed by atoms with E-state index in [-0.39, 0.29) is 0 Å². The van der Waals surface area contributed by atoms with Crippen LogP contribution < -0.4 is 0 Å². The van der Waals surface area contributed by atoms with Crippen LogP contribution in [0.25, 0.3) is 0 Å². The number of piperidine rings is 1. The number of halogens is 3. The molecule has 1 unspecified atom stereocenters. The van der Waals surface area contributed by atoms with Gasteiger partial charge in [0.25, 0.3) is 0 Å². The molecule has 0 bridgehead atoms. The zero-order chi connectivity index (χ0) is 17.2. The van der Waals surface area contributed by atoms with Gasteiger partial charge in [-0.25, -0.2) is 0 Å². The number of benzene rings is 2. The van der Waals surface area contributed by atoms with Crippen LogP contribution in [0.4, 0.5) is 13.2 Å². The molecule has 1 fully saturated rings. The summed E-state index contributed by atoms with van der Waals surface area (Å²) in [5.41, 5.74) is -0.0776. The quantitative estimate of drug-likeness (QED) is 0.909. The first-order valence-electron chi connectivity index (χ1n) is 8.03. The van der Waals surface area contributed by atoms with Gasteiger partial charge in [0.15, 0.2) is 0 Å². The van der Waals surface area contributed by atoms with E-state index in [1.165, 1.54) is 12.1 Å². The second-order valence-corrected chi connectivity index (χ2v) is 6.41. The molecule has 24 heavy (non-hydrogen) atoms. The molecular formula is C19H20F3NO. The van der Waals surface area contributed by atoms with Gasteiger partial charge in [0, 0.05) is 13.1 Å². The van der Waals surface area contributed by atoms with E-state index in [9.17, 15) is 18.3 Å². The van der Waals surface area contributed by atoms with Crippen molar-refractivity contribution in [1.82, 2.24) is 4.90 Å². The predicted molar refractivity (Wildman–Crippen MR) is 86.3 cm³/mol. The molecule has 5 heteroatoms. The first-order valence-corrected chi connectivity index (χ1v) is 8.03. The zero-order valence-electron chi connectivity index (χ0n) is 13.3. The Morgan fingerprint density at radius 3 is 2.29 bits per heavy atom. The minimum absolute atomic E-state index is 0.424. The van der Waals surface area contributed by atoms with E-state index >= 15 is 0 Å². The number of aliphatic hydroxyl groups is 1. The van der Waals surface area contributed by atoms with Gasteiger partial charge in [-0.2, -0.15) is 13.2 Å². The largest absolute Gasteiger partial charge is 0.416 e. The highest BCUT2D eigenvalue weighted by Gasteiger charge is 2.36. The van der Waals surface area contributed by atoms with E-state index in [1.54, 1.807) is 0 Å². The first-order chi connectivity index (χ1) is 11.4. The fraction of sp³-hybridized carbons (Fsp3) is 0.368. The normalized spacial score (nSPS) is 22.5. The van der Waals surface area contributed by atoms with Crippen molar-refractivity contribution in [2.45, 2.75) is 31.2 Å². The smallest absolute Gasteiger partial charge is 0.384 e. The average molecular weight is 335 g/mol. The Morgan fingerprint density at radius 2 is 1.67 bits per heavy atom. The van der Waals surface area contributed by atoms with E-state index in [1.807, 2.05) is 30.3 Å². The molecule has 3 rings (SSSR count). The number of rotatable bonds is 3. The molecule has 128 valence electrons. The van der Waals surface area contributed by atoms with Crippen molar-refractivity contribution in [3.8, 4) is 0 Å². The molecule has 0 aromatic heterocycles. The maximum absolute atomic E-state index is 12.7. The highest BCUT2D eigenvalue weighted by atomic mass is 19.4. The number of hydrogen-bond donors (Lipinski definition) is 1. The molecule has 0 saturated carbocycles. The molecule has 0 aliphatic carbocycles. The molecule has 1 aliphatic rings. The Morgan fingerprint density at radius 1 is 1.00 bits per heavy atom. The van der Waals surface area contributed by atoms with E-state index in [4.69, 9.17) is 0 Å². The van der Waals surface area contributed by atoms with Gasteiger partial charge in [0.1, 0.15) is 5.60 Å². The van der Waals surface area contributed by atoms with Gasteiger partial charge in [0.2, 0.25) is 0 Å². The Labute approximate surface area is 139 Å². The molecule has 1 saturated heterocycles. The topological polar surface area (TPSA) is 23.5 Å². The van der Waals surface area contributed by atoms with Crippen LogP contribution in [0.15, 0.2) is 54.6 Å². The van der Waals surface area contributed by atoms with Crippen molar-refractivity contribution in [3.05, 3.63) is 71.3 Å². The van der Waals surface area contributed by atoms with E-state index in [0.29, 0.717) is 18.5 Å². The highest BCUT2D eigenvalue weighted by Crippen LogP contribution is 2.35. The fourth-order valence-corrected chi connectivity index (χ4v) is 3.30. The summed E-state index contributed by atoms with van der Waals surface area (Å²) in [6.07, 6.45) is -2.99. The molecule has 1 heterocycles. The summed E-state index contributed by atoms with van der Waals surface area (Å²) in [6.45, 7) is 2.02. The van der Waals surface area contributed by atoms with Gasteiger partial charge >= 0.3 is 6.18 Å². The molecule has 0 amide bonds. The monoisotopic (exact) mass is 335 g/mol.